The minimum atomic E-state index is -0.0665. The van der Waals surface area contributed by atoms with Crippen molar-refractivity contribution >= 4 is 23.2 Å². The molecule has 7 nitrogen and oxygen atoms in total. The number of pyridine rings is 1. The Hall–Kier alpha value is -3.48. The van der Waals surface area contributed by atoms with Gasteiger partial charge in [-0.1, -0.05) is 23.8 Å². The first-order chi connectivity index (χ1) is 14.1. The van der Waals surface area contributed by atoms with Crippen molar-refractivity contribution in [2.24, 2.45) is 0 Å². The molecule has 0 atom stereocenters. The topological polar surface area (TPSA) is 74.2 Å². The van der Waals surface area contributed by atoms with Gasteiger partial charge in [-0.2, -0.15) is 0 Å². The number of benzene rings is 1. The van der Waals surface area contributed by atoms with Crippen LogP contribution in [0.4, 0.5) is 17.3 Å². The fraction of sp³-hybridized carbons (Fsp3) is 0.273. The second-order valence-electron chi connectivity index (χ2n) is 7.14. The van der Waals surface area contributed by atoms with Gasteiger partial charge >= 0.3 is 0 Å². The minimum Gasteiger partial charge on any atom is -0.353 e. The number of rotatable bonds is 4. The maximum absolute atomic E-state index is 13.0. The molecule has 0 spiro atoms. The van der Waals surface area contributed by atoms with Crippen LogP contribution in [-0.4, -0.2) is 51.9 Å². The Morgan fingerprint density at radius 1 is 0.966 bits per heavy atom. The fourth-order valence-electron chi connectivity index (χ4n) is 3.37. The first kappa shape index (κ1) is 18.9. The van der Waals surface area contributed by atoms with Gasteiger partial charge in [0.25, 0.3) is 5.91 Å². The average molecular weight is 388 g/mol. The van der Waals surface area contributed by atoms with Crippen molar-refractivity contribution in [1.29, 1.82) is 0 Å². The highest BCUT2D eigenvalue weighted by Crippen LogP contribution is 2.18. The van der Waals surface area contributed by atoms with Crippen molar-refractivity contribution in [1.82, 2.24) is 19.9 Å². The molecule has 1 amide bonds. The standard InChI is InChI=1S/C22H24N6O/c1-16-6-8-18(9-7-16)26-20-15-19(24-17(2)25-20)22(29)28-13-11-27(12-14-28)21-5-3-4-10-23-21/h3-10,15H,11-14H2,1-2H3,(H,24,25,26). The van der Waals surface area contributed by atoms with Crippen molar-refractivity contribution in [3.05, 3.63) is 71.8 Å². The molecule has 2 aromatic heterocycles. The second kappa shape index (κ2) is 8.26. The Morgan fingerprint density at radius 2 is 1.72 bits per heavy atom. The van der Waals surface area contributed by atoms with Crippen LogP contribution >= 0.6 is 0 Å². The van der Waals surface area contributed by atoms with Gasteiger partial charge in [0.2, 0.25) is 0 Å². The quantitative estimate of drug-likeness (QED) is 0.740. The highest BCUT2D eigenvalue weighted by molar-refractivity contribution is 5.93. The summed E-state index contributed by atoms with van der Waals surface area (Å²) in [6, 6.07) is 15.6. The smallest absolute Gasteiger partial charge is 0.272 e. The summed E-state index contributed by atoms with van der Waals surface area (Å²) in [6.45, 7) is 6.63. The Morgan fingerprint density at radius 3 is 2.41 bits per heavy atom. The molecule has 1 aromatic carbocycles. The Bertz CT molecular complexity index is 982. The minimum absolute atomic E-state index is 0.0665. The fourth-order valence-corrected chi connectivity index (χ4v) is 3.37. The number of hydrogen-bond donors (Lipinski definition) is 1. The van der Waals surface area contributed by atoms with Gasteiger partial charge in [0.05, 0.1) is 0 Å². The molecule has 0 saturated carbocycles. The van der Waals surface area contributed by atoms with Gasteiger partial charge < -0.3 is 15.1 Å². The number of carbonyl (C=O) groups excluding carboxylic acids is 1. The van der Waals surface area contributed by atoms with Crippen LogP contribution in [0.1, 0.15) is 21.9 Å². The van der Waals surface area contributed by atoms with Crippen LogP contribution in [0.5, 0.6) is 0 Å². The van der Waals surface area contributed by atoms with Gasteiger partial charge in [0.15, 0.2) is 0 Å². The molecule has 0 radical (unpaired) electrons. The van der Waals surface area contributed by atoms with E-state index in [4.69, 9.17) is 0 Å². The molecule has 3 heterocycles. The van der Waals surface area contributed by atoms with Gasteiger partial charge in [-0.3, -0.25) is 4.79 Å². The van der Waals surface area contributed by atoms with Gasteiger partial charge in [0.1, 0.15) is 23.2 Å². The highest BCUT2D eigenvalue weighted by atomic mass is 16.2. The van der Waals surface area contributed by atoms with E-state index in [1.807, 2.05) is 54.3 Å². The summed E-state index contributed by atoms with van der Waals surface area (Å²) in [5.41, 5.74) is 2.53. The summed E-state index contributed by atoms with van der Waals surface area (Å²) in [5, 5.41) is 3.26. The lowest BCUT2D eigenvalue weighted by molar-refractivity contribution is 0.0740. The van der Waals surface area contributed by atoms with Crippen LogP contribution in [0.2, 0.25) is 0 Å². The van der Waals surface area contributed by atoms with E-state index in [9.17, 15) is 4.79 Å². The van der Waals surface area contributed by atoms with E-state index in [0.717, 1.165) is 24.6 Å². The lowest BCUT2D eigenvalue weighted by Gasteiger charge is -2.35. The number of aromatic nitrogens is 3. The van der Waals surface area contributed by atoms with Gasteiger partial charge in [-0.15, -0.1) is 0 Å². The van der Waals surface area contributed by atoms with Crippen molar-refractivity contribution in [3.8, 4) is 0 Å². The number of hydrogen-bond acceptors (Lipinski definition) is 6. The third-order valence-electron chi connectivity index (χ3n) is 4.92. The zero-order valence-corrected chi connectivity index (χ0v) is 16.7. The van der Waals surface area contributed by atoms with Crippen molar-refractivity contribution in [2.75, 3.05) is 36.4 Å². The number of anilines is 3. The van der Waals surface area contributed by atoms with Crippen LogP contribution < -0.4 is 10.2 Å². The first-order valence-electron chi connectivity index (χ1n) is 9.73. The molecule has 1 aliphatic rings. The van der Waals surface area contributed by atoms with Crippen molar-refractivity contribution in [3.63, 3.8) is 0 Å². The van der Waals surface area contributed by atoms with Crippen LogP contribution in [0.3, 0.4) is 0 Å². The molecule has 148 valence electrons. The lowest BCUT2D eigenvalue weighted by Crippen LogP contribution is -2.49. The van der Waals surface area contributed by atoms with E-state index in [-0.39, 0.29) is 5.91 Å². The molecular formula is C22H24N6O. The third kappa shape index (κ3) is 4.51. The Labute approximate surface area is 170 Å². The monoisotopic (exact) mass is 388 g/mol. The second-order valence-corrected chi connectivity index (χ2v) is 7.14. The van der Waals surface area contributed by atoms with Crippen LogP contribution in [0.15, 0.2) is 54.7 Å². The largest absolute Gasteiger partial charge is 0.353 e. The maximum Gasteiger partial charge on any atom is 0.272 e. The predicted octanol–water partition coefficient (Wildman–Crippen LogP) is 3.19. The molecule has 1 aliphatic heterocycles. The summed E-state index contributed by atoms with van der Waals surface area (Å²) in [5.74, 6) is 2.07. The van der Waals surface area contributed by atoms with Crippen LogP contribution in [-0.2, 0) is 0 Å². The summed E-state index contributed by atoms with van der Waals surface area (Å²) < 4.78 is 0. The highest BCUT2D eigenvalue weighted by Gasteiger charge is 2.24. The predicted molar refractivity (Wildman–Crippen MR) is 114 cm³/mol. The molecule has 29 heavy (non-hydrogen) atoms. The van der Waals surface area contributed by atoms with Gasteiger partial charge in [-0.05, 0) is 38.1 Å². The Balaban J connectivity index is 1.45. The number of nitrogens with one attached hydrogen (secondary N) is 1. The molecule has 0 aliphatic carbocycles. The number of nitrogens with zero attached hydrogens (tertiary/aromatic N) is 5. The zero-order valence-electron chi connectivity index (χ0n) is 16.7. The zero-order chi connectivity index (χ0) is 20.2. The molecule has 1 fully saturated rings. The first-order valence-corrected chi connectivity index (χ1v) is 9.73. The molecule has 1 N–H and O–H groups in total. The normalized spacial score (nSPS) is 14.0. The molecule has 4 rings (SSSR count). The van der Waals surface area contributed by atoms with E-state index in [1.165, 1.54) is 5.56 Å². The van der Waals surface area contributed by atoms with E-state index >= 15 is 0 Å². The number of amides is 1. The maximum atomic E-state index is 13.0. The third-order valence-corrected chi connectivity index (χ3v) is 4.92. The van der Waals surface area contributed by atoms with Crippen LogP contribution in [0.25, 0.3) is 0 Å². The lowest BCUT2D eigenvalue weighted by atomic mass is 10.2. The van der Waals surface area contributed by atoms with E-state index < -0.39 is 0 Å². The molecular weight excluding hydrogens is 364 g/mol. The van der Waals surface area contributed by atoms with Crippen molar-refractivity contribution < 1.29 is 4.79 Å². The van der Waals surface area contributed by atoms with Crippen molar-refractivity contribution in [2.45, 2.75) is 13.8 Å². The Kier molecular flexibility index (Phi) is 5.37. The molecule has 3 aromatic rings. The molecule has 7 heteroatoms. The molecule has 0 unspecified atom stereocenters. The summed E-state index contributed by atoms with van der Waals surface area (Å²) >= 11 is 0. The number of piperazine rings is 1. The number of carbonyl (C=O) groups is 1. The average Bonchev–Trinajstić information content (AvgIpc) is 2.75. The van der Waals surface area contributed by atoms with E-state index in [1.54, 1.807) is 19.2 Å². The van der Waals surface area contributed by atoms with E-state index in [2.05, 4.69) is 25.2 Å². The SMILES string of the molecule is Cc1ccc(Nc2cc(C(=O)N3CCN(c4ccccn4)CC3)nc(C)n2)cc1. The molecule has 1 saturated heterocycles. The van der Waals surface area contributed by atoms with Gasteiger partial charge in [-0.25, -0.2) is 15.0 Å². The summed E-state index contributed by atoms with van der Waals surface area (Å²) in [7, 11) is 0. The molecule has 0 bridgehead atoms. The number of aryl methyl sites for hydroxylation is 2. The summed E-state index contributed by atoms with van der Waals surface area (Å²) in [4.78, 5) is 30.2. The van der Waals surface area contributed by atoms with E-state index in [0.29, 0.717) is 30.4 Å². The summed E-state index contributed by atoms with van der Waals surface area (Å²) in [6.07, 6.45) is 1.79. The van der Waals surface area contributed by atoms with Crippen LogP contribution in [0, 0.1) is 13.8 Å². The van der Waals surface area contributed by atoms with Gasteiger partial charge in [0, 0.05) is 44.1 Å².